The lowest BCUT2D eigenvalue weighted by Crippen LogP contribution is -2.44. The summed E-state index contributed by atoms with van der Waals surface area (Å²) in [5.74, 6) is 0.190. The van der Waals surface area contributed by atoms with Gasteiger partial charge in [0.1, 0.15) is 17.5 Å². The second kappa shape index (κ2) is 13.7. The summed E-state index contributed by atoms with van der Waals surface area (Å²) in [5.41, 5.74) is 5.89. The number of ether oxygens (including phenoxy) is 2. The Labute approximate surface area is 217 Å². The third-order valence-corrected chi connectivity index (χ3v) is 4.98. The highest BCUT2D eigenvalue weighted by Crippen LogP contribution is 2.22. The normalized spacial score (nSPS) is 13.3. The number of hydrogen-bond donors (Lipinski definition) is 3. The van der Waals surface area contributed by atoms with Crippen LogP contribution < -0.4 is 21.1 Å². The van der Waals surface area contributed by atoms with Crippen molar-refractivity contribution in [2.24, 2.45) is 5.73 Å². The van der Waals surface area contributed by atoms with Gasteiger partial charge in [-0.05, 0) is 63.2 Å². The second-order valence-corrected chi connectivity index (χ2v) is 9.51. The molecule has 1 fully saturated rings. The fourth-order valence-corrected chi connectivity index (χ4v) is 3.38. The van der Waals surface area contributed by atoms with Crippen LogP contribution in [-0.4, -0.2) is 54.1 Å². The lowest BCUT2D eigenvalue weighted by Gasteiger charge is -2.33. The van der Waals surface area contributed by atoms with Crippen LogP contribution in [0, 0.1) is 11.3 Å². The van der Waals surface area contributed by atoms with E-state index in [1.165, 1.54) is 6.92 Å². The van der Waals surface area contributed by atoms with Gasteiger partial charge in [-0.1, -0.05) is 6.07 Å². The zero-order valence-electron chi connectivity index (χ0n) is 21.7. The molecule has 37 heavy (non-hydrogen) atoms. The first-order valence-electron chi connectivity index (χ1n) is 12.0. The molecule has 0 radical (unpaired) electrons. The summed E-state index contributed by atoms with van der Waals surface area (Å²) in [5, 5.41) is 14.8. The summed E-state index contributed by atoms with van der Waals surface area (Å²) in [4.78, 5) is 35.3. The van der Waals surface area contributed by atoms with E-state index >= 15 is 0 Å². The number of rotatable bonds is 6. The number of likely N-dealkylation sites (tertiary alicyclic amines) is 1. The summed E-state index contributed by atoms with van der Waals surface area (Å²) in [6.07, 6.45) is 1.21. The number of carbonyl (C=O) groups excluding carboxylic acids is 3. The minimum absolute atomic E-state index is 0.0255. The third-order valence-electron chi connectivity index (χ3n) is 4.98. The van der Waals surface area contributed by atoms with Gasteiger partial charge in [0.15, 0.2) is 0 Å². The Kier molecular flexibility index (Phi) is 10.8. The molecule has 1 heterocycles. The summed E-state index contributed by atoms with van der Waals surface area (Å²) in [6.45, 7) is 8.16. The monoisotopic (exact) mass is 509 g/mol. The predicted molar refractivity (Wildman–Crippen MR) is 141 cm³/mol. The van der Waals surface area contributed by atoms with E-state index in [4.69, 9.17) is 14.7 Å². The number of nitriles is 1. The van der Waals surface area contributed by atoms with Crippen molar-refractivity contribution in [3.05, 3.63) is 54.1 Å². The first-order chi connectivity index (χ1) is 17.4. The molecule has 10 heteroatoms. The SMILES string of the molecule is CC(C)(C)OC(=O)N1CCC(Oc2ccc(NC(=O)CNc3cccc(C#N)c3)cc2)CC1.CC(N)=O. The second-order valence-electron chi connectivity index (χ2n) is 9.51. The number of carbonyl (C=O) groups is 3. The van der Waals surface area contributed by atoms with Crippen LogP contribution in [0.2, 0.25) is 0 Å². The number of nitrogens with two attached hydrogens (primary N) is 1. The maximum absolute atomic E-state index is 12.2. The zero-order valence-corrected chi connectivity index (χ0v) is 21.7. The lowest BCUT2D eigenvalue weighted by atomic mass is 10.1. The highest BCUT2D eigenvalue weighted by atomic mass is 16.6. The summed E-state index contributed by atoms with van der Waals surface area (Å²) < 4.78 is 11.5. The number of benzene rings is 2. The smallest absolute Gasteiger partial charge is 0.410 e. The van der Waals surface area contributed by atoms with E-state index < -0.39 is 5.60 Å². The Bertz CT molecular complexity index is 1090. The maximum Gasteiger partial charge on any atom is 0.410 e. The molecule has 0 unspecified atom stereocenters. The molecule has 2 aromatic carbocycles. The molecular formula is C27H35N5O5. The minimum atomic E-state index is -0.500. The van der Waals surface area contributed by atoms with E-state index in [0.29, 0.717) is 30.0 Å². The van der Waals surface area contributed by atoms with Crippen LogP contribution >= 0.6 is 0 Å². The van der Waals surface area contributed by atoms with Gasteiger partial charge in [-0.25, -0.2) is 4.79 Å². The third kappa shape index (κ3) is 11.3. The van der Waals surface area contributed by atoms with E-state index in [1.54, 1.807) is 41.3 Å². The van der Waals surface area contributed by atoms with Crippen LogP contribution in [0.25, 0.3) is 0 Å². The van der Waals surface area contributed by atoms with Gasteiger partial charge in [0.2, 0.25) is 11.8 Å². The number of anilines is 2. The fourth-order valence-electron chi connectivity index (χ4n) is 3.38. The molecule has 2 aromatic rings. The topological polar surface area (TPSA) is 147 Å². The van der Waals surface area contributed by atoms with Gasteiger partial charge >= 0.3 is 6.09 Å². The van der Waals surface area contributed by atoms with Crippen molar-refractivity contribution in [1.82, 2.24) is 4.90 Å². The molecule has 0 bridgehead atoms. The number of amides is 3. The highest BCUT2D eigenvalue weighted by molar-refractivity contribution is 5.93. The maximum atomic E-state index is 12.2. The minimum Gasteiger partial charge on any atom is -0.490 e. The first kappa shape index (κ1) is 29.0. The van der Waals surface area contributed by atoms with Crippen LogP contribution in [0.4, 0.5) is 16.2 Å². The quantitative estimate of drug-likeness (QED) is 0.535. The van der Waals surface area contributed by atoms with Gasteiger partial charge in [-0.2, -0.15) is 5.26 Å². The standard InChI is InChI=1S/C25H30N4O4.C2H5NO/c1-25(2,3)33-24(31)29-13-11-22(12-14-29)32-21-9-7-19(8-10-21)28-23(30)17-27-20-6-4-5-18(15-20)16-26;1-2(3)4/h4-10,15,22,27H,11-14,17H2,1-3H3,(H,28,30);1H3,(H2,3,4). The average Bonchev–Trinajstić information content (AvgIpc) is 2.83. The van der Waals surface area contributed by atoms with Gasteiger partial charge in [-0.15, -0.1) is 0 Å². The molecule has 1 aliphatic heterocycles. The van der Waals surface area contributed by atoms with Crippen LogP contribution in [0.1, 0.15) is 46.1 Å². The molecule has 3 amide bonds. The number of nitrogens with one attached hydrogen (secondary N) is 2. The van der Waals surface area contributed by atoms with E-state index in [0.717, 1.165) is 18.6 Å². The molecule has 3 rings (SSSR count). The van der Waals surface area contributed by atoms with Crippen molar-refractivity contribution in [2.75, 3.05) is 30.3 Å². The Morgan fingerprint density at radius 1 is 1.08 bits per heavy atom. The van der Waals surface area contributed by atoms with E-state index in [-0.39, 0.29) is 30.6 Å². The number of primary amides is 1. The van der Waals surface area contributed by atoms with Crippen molar-refractivity contribution in [2.45, 2.75) is 52.2 Å². The van der Waals surface area contributed by atoms with Crippen molar-refractivity contribution in [3.8, 4) is 11.8 Å². The predicted octanol–water partition coefficient (Wildman–Crippen LogP) is 3.88. The lowest BCUT2D eigenvalue weighted by molar-refractivity contribution is -0.116. The van der Waals surface area contributed by atoms with E-state index in [9.17, 15) is 14.4 Å². The summed E-state index contributed by atoms with van der Waals surface area (Å²) in [7, 11) is 0. The molecule has 0 spiro atoms. The van der Waals surface area contributed by atoms with Crippen molar-refractivity contribution >= 4 is 29.3 Å². The molecule has 198 valence electrons. The first-order valence-corrected chi connectivity index (χ1v) is 12.0. The molecule has 4 N–H and O–H groups in total. The van der Waals surface area contributed by atoms with Crippen LogP contribution in [0.3, 0.4) is 0 Å². The number of hydrogen-bond acceptors (Lipinski definition) is 7. The van der Waals surface area contributed by atoms with Crippen molar-refractivity contribution in [3.63, 3.8) is 0 Å². The summed E-state index contributed by atoms with van der Waals surface area (Å²) in [6, 6.07) is 16.3. The van der Waals surface area contributed by atoms with Gasteiger partial charge in [-0.3, -0.25) is 9.59 Å². The molecule has 0 atom stereocenters. The van der Waals surface area contributed by atoms with Crippen LogP contribution in [-0.2, 0) is 14.3 Å². The Hall–Kier alpha value is -4.26. The molecular weight excluding hydrogens is 474 g/mol. The number of piperidine rings is 1. The van der Waals surface area contributed by atoms with E-state index in [1.807, 2.05) is 32.9 Å². The zero-order chi connectivity index (χ0) is 27.4. The molecule has 1 saturated heterocycles. The van der Waals surface area contributed by atoms with E-state index in [2.05, 4.69) is 22.4 Å². The Morgan fingerprint density at radius 2 is 1.70 bits per heavy atom. The van der Waals surface area contributed by atoms with Crippen molar-refractivity contribution in [1.29, 1.82) is 5.26 Å². The highest BCUT2D eigenvalue weighted by Gasteiger charge is 2.27. The summed E-state index contributed by atoms with van der Waals surface area (Å²) >= 11 is 0. The molecule has 10 nitrogen and oxygen atoms in total. The van der Waals surface area contributed by atoms with Crippen molar-refractivity contribution < 1.29 is 23.9 Å². The van der Waals surface area contributed by atoms with Gasteiger partial charge in [0.05, 0.1) is 18.2 Å². The largest absolute Gasteiger partial charge is 0.490 e. The van der Waals surface area contributed by atoms with Crippen LogP contribution in [0.15, 0.2) is 48.5 Å². The molecule has 0 aliphatic carbocycles. The Balaban J connectivity index is 0.00000112. The van der Waals surface area contributed by atoms with Gasteiger partial charge in [0.25, 0.3) is 0 Å². The fraction of sp³-hybridized carbons (Fsp3) is 0.407. The van der Waals surface area contributed by atoms with Gasteiger partial charge in [0, 0.05) is 44.2 Å². The Morgan fingerprint density at radius 3 is 2.27 bits per heavy atom. The average molecular weight is 510 g/mol. The molecule has 0 saturated carbocycles. The number of nitrogens with zero attached hydrogens (tertiary/aromatic N) is 2. The van der Waals surface area contributed by atoms with Gasteiger partial charge < -0.3 is 30.7 Å². The van der Waals surface area contributed by atoms with Crippen LogP contribution in [0.5, 0.6) is 5.75 Å². The molecule has 1 aliphatic rings. The molecule has 0 aromatic heterocycles.